The number of methoxy groups -OCH3 is 3. The third kappa shape index (κ3) is 10.1. The zero-order valence-electron chi connectivity index (χ0n) is 18.0. The average molecular weight is 425 g/mol. The Kier molecular flexibility index (Phi) is 15.4. The number of ether oxygens (including phenoxy) is 5. The van der Waals surface area contributed by atoms with Gasteiger partial charge in [-0.2, -0.15) is 0 Å². The SMILES string of the molecule is CCOCC(C1CCC(O)C(OCCOC)C1)[SiH](OCCOC)OCCOC. The predicted molar refractivity (Wildman–Crippen MR) is 108 cm³/mol. The molecule has 1 fully saturated rings. The van der Waals surface area contributed by atoms with E-state index in [2.05, 4.69) is 0 Å². The van der Waals surface area contributed by atoms with Gasteiger partial charge in [0, 0.05) is 33.5 Å². The summed E-state index contributed by atoms with van der Waals surface area (Å²) in [5.41, 5.74) is 0.176. The van der Waals surface area contributed by atoms with Gasteiger partial charge in [-0.3, -0.25) is 0 Å². The first-order valence-corrected chi connectivity index (χ1v) is 11.9. The lowest BCUT2D eigenvalue weighted by Crippen LogP contribution is -2.43. The summed E-state index contributed by atoms with van der Waals surface area (Å²) in [7, 11) is 2.92. The van der Waals surface area contributed by atoms with Crippen LogP contribution in [0.15, 0.2) is 0 Å². The summed E-state index contributed by atoms with van der Waals surface area (Å²) in [6, 6.07) is 0. The molecule has 0 amide bonds. The maximum absolute atomic E-state index is 10.3. The first-order chi connectivity index (χ1) is 13.7. The highest BCUT2D eigenvalue weighted by molar-refractivity contribution is 6.46. The lowest BCUT2D eigenvalue weighted by atomic mass is 9.83. The van der Waals surface area contributed by atoms with Gasteiger partial charge in [-0.25, -0.2) is 0 Å². The summed E-state index contributed by atoms with van der Waals surface area (Å²) < 4.78 is 39.3. The molecule has 1 N–H and O–H groups in total. The molecular formula is C19H40O8Si. The van der Waals surface area contributed by atoms with Crippen LogP contribution in [0.2, 0.25) is 5.54 Å². The first-order valence-electron chi connectivity index (χ1n) is 10.2. The molecule has 9 heteroatoms. The van der Waals surface area contributed by atoms with E-state index >= 15 is 0 Å². The minimum Gasteiger partial charge on any atom is -0.394 e. The third-order valence-corrected chi connectivity index (χ3v) is 7.59. The van der Waals surface area contributed by atoms with Gasteiger partial charge in [-0.15, -0.1) is 0 Å². The van der Waals surface area contributed by atoms with Gasteiger partial charge in [0.25, 0.3) is 0 Å². The molecule has 4 unspecified atom stereocenters. The van der Waals surface area contributed by atoms with E-state index in [0.717, 1.165) is 12.8 Å². The van der Waals surface area contributed by atoms with Crippen molar-refractivity contribution in [1.82, 2.24) is 0 Å². The number of aliphatic hydroxyl groups excluding tert-OH is 1. The second-order valence-corrected chi connectivity index (χ2v) is 9.22. The zero-order valence-corrected chi connectivity index (χ0v) is 19.1. The van der Waals surface area contributed by atoms with Crippen LogP contribution in [0, 0.1) is 5.92 Å². The molecule has 0 aliphatic heterocycles. The molecule has 4 atom stereocenters. The van der Waals surface area contributed by atoms with Crippen LogP contribution < -0.4 is 0 Å². The summed E-state index contributed by atoms with van der Waals surface area (Å²) in [5, 5.41) is 10.3. The average Bonchev–Trinajstić information content (AvgIpc) is 2.70. The van der Waals surface area contributed by atoms with Crippen LogP contribution in [0.4, 0.5) is 0 Å². The van der Waals surface area contributed by atoms with Gasteiger partial charge in [-0.05, 0) is 32.1 Å². The van der Waals surface area contributed by atoms with Crippen LogP contribution in [-0.2, 0) is 32.5 Å². The summed E-state index contributed by atoms with van der Waals surface area (Å²) in [6.07, 6.45) is 1.76. The minimum atomic E-state index is -2.04. The number of aliphatic hydroxyl groups is 1. The Bertz CT molecular complexity index is 353. The highest BCUT2D eigenvalue weighted by Gasteiger charge is 2.39. The zero-order chi connectivity index (χ0) is 20.6. The van der Waals surface area contributed by atoms with Gasteiger partial charge in [0.15, 0.2) is 0 Å². The molecule has 1 aliphatic carbocycles. The quantitative estimate of drug-likeness (QED) is 0.275. The molecule has 1 rings (SSSR count). The van der Waals surface area contributed by atoms with Gasteiger partial charge in [-0.1, -0.05) is 0 Å². The number of hydrogen-bond acceptors (Lipinski definition) is 8. The standard InChI is InChI=1S/C19H40O8Si/c1-5-24-15-19(28(26-12-9-22-3)27-13-10-23-4)16-6-7-17(20)18(14-16)25-11-8-21-2/h16-20,28H,5-15H2,1-4H3. The second-order valence-electron chi connectivity index (χ2n) is 6.96. The van der Waals surface area contributed by atoms with E-state index in [9.17, 15) is 5.11 Å². The highest BCUT2D eigenvalue weighted by Crippen LogP contribution is 2.37. The van der Waals surface area contributed by atoms with Crippen LogP contribution in [0.1, 0.15) is 26.2 Å². The Labute approximate surface area is 171 Å². The molecule has 8 nitrogen and oxygen atoms in total. The van der Waals surface area contributed by atoms with E-state index in [4.69, 9.17) is 32.5 Å². The molecule has 1 saturated carbocycles. The van der Waals surface area contributed by atoms with E-state index in [-0.39, 0.29) is 11.6 Å². The lowest BCUT2D eigenvalue weighted by Gasteiger charge is -2.39. The molecule has 28 heavy (non-hydrogen) atoms. The number of rotatable bonds is 17. The van der Waals surface area contributed by atoms with Crippen LogP contribution in [0.3, 0.4) is 0 Å². The predicted octanol–water partition coefficient (Wildman–Crippen LogP) is 1.13. The summed E-state index contributed by atoms with van der Waals surface area (Å²) in [5.74, 6) is 0.323. The Morgan fingerprint density at radius 1 is 0.893 bits per heavy atom. The molecular weight excluding hydrogens is 384 g/mol. The van der Waals surface area contributed by atoms with Crippen molar-refractivity contribution >= 4 is 9.28 Å². The van der Waals surface area contributed by atoms with E-state index < -0.39 is 15.4 Å². The summed E-state index contributed by atoms with van der Waals surface area (Å²) >= 11 is 0. The van der Waals surface area contributed by atoms with Gasteiger partial charge >= 0.3 is 9.28 Å². The molecule has 0 bridgehead atoms. The summed E-state index contributed by atoms with van der Waals surface area (Å²) in [4.78, 5) is 0. The Balaban J connectivity index is 2.78. The maximum atomic E-state index is 10.3. The van der Waals surface area contributed by atoms with E-state index in [0.29, 0.717) is 65.2 Å². The normalized spacial score (nSPS) is 24.0. The van der Waals surface area contributed by atoms with Crippen molar-refractivity contribution in [2.24, 2.45) is 5.92 Å². The molecule has 1 aliphatic rings. The number of hydrogen-bond donors (Lipinski definition) is 1. The topological polar surface area (TPSA) is 84.8 Å². The van der Waals surface area contributed by atoms with Gasteiger partial charge in [0.2, 0.25) is 0 Å². The Hall–Kier alpha value is -0.103. The van der Waals surface area contributed by atoms with Crippen molar-refractivity contribution in [1.29, 1.82) is 0 Å². The second kappa shape index (κ2) is 16.7. The molecule has 0 saturated heterocycles. The van der Waals surface area contributed by atoms with Crippen molar-refractivity contribution in [3.63, 3.8) is 0 Å². The fourth-order valence-corrected chi connectivity index (χ4v) is 5.81. The molecule has 0 spiro atoms. The minimum absolute atomic E-state index is 0.176. The van der Waals surface area contributed by atoms with E-state index in [1.807, 2.05) is 6.92 Å². The Morgan fingerprint density at radius 3 is 2.07 bits per heavy atom. The fourth-order valence-electron chi connectivity index (χ4n) is 3.48. The van der Waals surface area contributed by atoms with Crippen LogP contribution in [0.5, 0.6) is 0 Å². The Morgan fingerprint density at radius 2 is 1.50 bits per heavy atom. The van der Waals surface area contributed by atoms with Crippen LogP contribution in [0.25, 0.3) is 0 Å². The van der Waals surface area contributed by atoms with Crippen molar-refractivity contribution in [3.8, 4) is 0 Å². The molecule has 0 aromatic rings. The largest absolute Gasteiger partial charge is 0.394 e. The first kappa shape index (κ1) is 25.9. The van der Waals surface area contributed by atoms with Crippen molar-refractivity contribution in [2.45, 2.75) is 43.9 Å². The van der Waals surface area contributed by atoms with E-state index in [1.54, 1.807) is 21.3 Å². The molecule has 0 aromatic carbocycles. The lowest BCUT2D eigenvalue weighted by molar-refractivity contribution is -0.0849. The monoisotopic (exact) mass is 424 g/mol. The van der Waals surface area contributed by atoms with E-state index in [1.165, 1.54) is 0 Å². The third-order valence-electron chi connectivity index (χ3n) is 5.03. The van der Waals surface area contributed by atoms with Gasteiger partial charge in [0.1, 0.15) is 0 Å². The molecule has 0 radical (unpaired) electrons. The van der Waals surface area contributed by atoms with Crippen molar-refractivity contribution < 1.29 is 37.6 Å². The van der Waals surface area contributed by atoms with Gasteiger partial charge in [0.05, 0.1) is 58.5 Å². The maximum Gasteiger partial charge on any atom is 0.327 e. The molecule has 0 heterocycles. The van der Waals surface area contributed by atoms with Crippen molar-refractivity contribution in [3.05, 3.63) is 0 Å². The van der Waals surface area contributed by atoms with Gasteiger partial charge < -0.3 is 37.6 Å². The highest BCUT2D eigenvalue weighted by atomic mass is 28.3. The smallest absolute Gasteiger partial charge is 0.327 e. The fraction of sp³-hybridized carbons (Fsp3) is 1.00. The van der Waals surface area contributed by atoms with Crippen LogP contribution in [-0.4, -0.2) is 101 Å². The van der Waals surface area contributed by atoms with Crippen molar-refractivity contribution in [2.75, 3.05) is 74.2 Å². The summed E-state index contributed by atoms with van der Waals surface area (Å²) in [6.45, 7) is 6.32. The molecule has 0 aromatic heterocycles. The van der Waals surface area contributed by atoms with Crippen LogP contribution >= 0.6 is 0 Å². The molecule has 168 valence electrons.